The number of aromatic nitrogens is 6. The Balaban J connectivity index is 2.04. The number of aryl methyl sites for hydroxylation is 1. The highest BCUT2D eigenvalue weighted by Gasteiger charge is 2.16. The fourth-order valence-electron chi connectivity index (χ4n) is 3.03. The highest BCUT2D eigenvalue weighted by Crippen LogP contribution is 2.29. The van der Waals surface area contributed by atoms with Crippen molar-refractivity contribution >= 4 is 33.1 Å². The summed E-state index contributed by atoms with van der Waals surface area (Å²) in [5.41, 5.74) is 5.39. The molecule has 0 radical (unpaired) electrons. The number of H-pyrrole nitrogens is 1. The molecule has 23 heavy (non-hydrogen) atoms. The van der Waals surface area contributed by atoms with Crippen LogP contribution < -0.4 is 0 Å². The predicted octanol–water partition coefficient (Wildman–Crippen LogP) is 3.15. The highest BCUT2D eigenvalue weighted by molar-refractivity contribution is 6.14. The highest BCUT2D eigenvalue weighted by atomic mass is 15.4. The van der Waals surface area contributed by atoms with Gasteiger partial charge in [0.25, 0.3) is 0 Å². The monoisotopic (exact) mass is 300 g/mol. The first kappa shape index (κ1) is 12.3. The van der Waals surface area contributed by atoms with E-state index in [9.17, 15) is 0 Å². The van der Waals surface area contributed by atoms with Crippen LogP contribution in [-0.4, -0.2) is 30.2 Å². The number of fused-ring (bicyclic) bond motifs is 2. The summed E-state index contributed by atoms with van der Waals surface area (Å²) in [7, 11) is 0. The van der Waals surface area contributed by atoms with Crippen molar-refractivity contribution < 1.29 is 0 Å². The number of hydrogen-bond donors (Lipinski definition) is 1. The van der Waals surface area contributed by atoms with E-state index in [4.69, 9.17) is 0 Å². The van der Waals surface area contributed by atoms with Gasteiger partial charge in [-0.05, 0) is 30.7 Å². The summed E-state index contributed by atoms with van der Waals surface area (Å²) < 4.78 is 1.86. The van der Waals surface area contributed by atoms with Crippen LogP contribution in [0, 0.1) is 6.92 Å². The summed E-state index contributed by atoms with van der Waals surface area (Å²) in [5, 5.41) is 18.9. The molecule has 5 rings (SSSR count). The van der Waals surface area contributed by atoms with Crippen LogP contribution in [0.4, 0.5) is 0 Å². The van der Waals surface area contributed by atoms with Crippen LogP contribution in [0.2, 0.25) is 0 Å². The number of para-hydroxylation sites is 1. The van der Waals surface area contributed by atoms with Crippen molar-refractivity contribution in [1.82, 2.24) is 30.2 Å². The fourth-order valence-corrected chi connectivity index (χ4v) is 3.03. The van der Waals surface area contributed by atoms with E-state index in [1.54, 1.807) is 0 Å². The summed E-state index contributed by atoms with van der Waals surface area (Å²) >= 11 is 0. The molecule has 110 valence electrons. The number of pyridine rings is 1. The molecule has 0 aliphatic heterocycles. The van der Waals surface area contributed by atoms with E-state index in [1.165, 1.54) is 5.56 Å². The number of hydrogen-bond acceptors (Lipinski definition) is 4. The summed E-state index contributed by atoms with van der Waals surface area (Å²) in [5.74, 6) is 0. The quantitative estimate of drug-likeness (QED) is 0.483. The maximum absolute atomic E-state index is 4.37. The van der Waals surface area contributed by atoms with E-state index in [1.807, 2.05) is 35.0 Å². The lowest BCUT2D eigenvalue weighted by Gasteiger charge is -2.11. The van der Waals surface area contributed by atoms with E-state index in [2.05, 4.69) is 50.6 Å². The molecular formula is C17H12N6. The van der Waals surface area contributed by atoms with Gasteiger partial charge in [0.05, 0.1) is 16.6 Å². The minimum atomic E-state index is 0.556. The van der Waals surface area contributed by atoms with E-state index in [-0.39, 0.29) is 0 Å². The number of rotatable bonds is 1. The molecule has 6 heteroatoms. The Morgan fingerprint density at radius 2 is 1.87 bits per heavy atom. The largest absolute Gasteiger partial charge is 0.337 e. The van der Waals surface area contributed by atoms with Gasteiger partial charge in [0.1, 0.15) is 0 Å². The molecule has 0 aliphatic carbocycles. The number of aromatic amines is 1. The van der Waals surface area contributed by atoms with Crippen LogP contribution in [0.1, 0.15) is 5.56 Å². The molecule has 3 heterocycles. The Kier molecular flexibility index (Phi) is 2.33. The van der Waals surface area contributed by atoms with Crippen LogP contribution in [-0.2, 0) is 0 Å². The van der Waals surface area contributed by atoms with Crippen molar-refractivity contribution in [2.45, 2.75) is 6.92 Å². The van der Waals surface area contributed by atoms with E-state index < -0.39 is 0 Å². The number of nitrogens with one attached hydrogen (secondary N) is 1. The first-order chi connectivity index (χ1) is 11.3. The molecule has 2 aromatic carbocycles. The molecule has 3 aromatic heterocycles. The maximum Gasteiger partial charge on any atom is 0.211 e. The Morgan fingerprint density at radius 1 is 0.957 bits per heavy atom. The Bertz CT molecular complexity index is 1180. The minimum absolute atomic E-state index is 0.556. The average molecular weight is 300 g/mol. The molecule has 0 atom stereocenters. The molecule has 0 amide bonds. The first-order valence-corrected chi connectivity index (χ1v) is 7.37. The molecule has 0 bridgehead atoms. The van der Waals surface area contributed by atoms with Gasteiger partial charge in [-0.25, -0.2) is 4.68 Å². The van der Waals surface area contributed by atoms with Gasteiger partial charge in [-0.15, -0.1) is 15.3 Å². The standard InChI is InChI=1S/C17H12N6/c1-10-5-4-6-11(9-10)23-15-12-7-2-3-8-13(12)18-16-14(15)17(20-19-16)21-22-23/h2-9H,1H3,(H,18,19,20). The lowest BCUT2D eigenvalue weighted by Crippen LogP contribution is -2.06. The third-order valence-electron chi connectivity index (χ3n) is 4.06. The summed E-state index contributed by atoms with van der Waals surface area (Å²) in [6.45, 7) is 2.06. The SMILES string of the molecule is Cc1cccc(-n2nnc3nnc4[nH]c5ccccc5c2c34)c1. The molecule has 5 aromatic rings. The predicted molar refractivity (Wildman–Crippen MR) is 88.6 cm³/mol. The van der Waals surface area contributed by atoms with Crippen molar-refractivity contribution in [3.63, 3.8) is 0 Å². The summed E-state index contributed by atoms with van der Waals surface area (Å²) in [6.07, 6.45) is 0. The molecule has 0 unspecified atom stereocenters. The normalized spacial score (nSPS) is 11.7. The van der Waals surface area contributed by atoms with Gasteiger partial charge < -0.3 is 4.98 Å². The molecular weight excluding hydrogens is 288 g/mol. The zero-order chi connectivity index (χ0) is 15.4. The van der Waals surface area contributed by atoms with Crippen LogP contribution in [0.3, 0.4) is 0 Å². The van der Waals surface area contributed by atoms with Crippen LogP contribution in [0.25, 0.3) is 38.8 Å². The van der Waals surface area contributed by atoms with Crippen molar-refractivity contribution in [2.24, 2.45) is 0 Å². The third-order valence-corrected chi connectivity index (χ3v) is 4.06. The Labute approximate surface area is 130 Å². The van der Waals surface area contributed by atoms with Gasteiger partial charge in [0.2, 0.25) is 5.65 Å². The number of benzene rings is 2. The molecule has 6 nitrogen and oxygen atoms in total. The van der Waals surface area contributed by atoms with Gasteiger partial charge in [-0.1, -0.05) is 35.5 Å². The summed E-state index contributed by atoms with van der Waals surface area (Å²) in [6, 6.07) is 16.3. The molecule has 1 N–H and O–H groups in total. The molecule has 0 aliphatic rings. The Hall–Kier alpha value is -3.28. The van der Waals surface area contributed by atoms with Gasteiger partial charge in [-0.2, -0.15) is 0 Å². The third kappa shape index (κ3) is 1.69. The van der Waals surface area contributed by atoms with Gasteiger partial charge in [-0.3, -0.25) is 0 Å². The summed E-state index contributed by atoms with van der Waals surface area (Å²) in [4.78, 5) is 3.32. The average Bonchev–Trinajstić information content (AvgIpc) is 2.99. The zero-order valence-electron chi connectivity index (χ0n) is 12.4. The van der Waals surface area contributed by atoms with E-state index >= 15 is 0 Å². The second-order valence-electron chi connectivity index (χ2n) is 5.61. The molecule has 0 spiro atoms. The Morgan fingerprint density at radius 3 is 2.78 bits per heavy atom. The molecule has 0 saturated carbocycles. The van der Waals surface area contributed by atoms with Gasteiger partial charge >= 0.3 is 0 Å². The van der Waals surface area contributed by atoms with Crippen LogP contribution in [0.15, 0.2) is 48.5 Å². The smallest absolute Gasteiger partial charge is 0.211 e. The minimum Gasteiger partial charge on any atom is -0.337 e. The maximum atomic E-state index is 4.37. The van der Waals surface area contributed by atoms with Crippen molar-refractivity contribution in [1.29, 1.82) is 0 Å². The second-order valence-corrected chi connectivity index (χ2v) is 5.61. The number of nitrogens with zero attached hydrogens (tertiary/aromatic N) is 5. The molecule has 0 saturated heterocycles. The second kappa shape index (κ2) is 4.36. The zero-order valence-corrected chi connectivity index (χ0v) is 12.4. The van der Waals surface area contributed by atoms with Crippen LogP contribution >= 0.6 is 0 Å². The van der Waals surface area contributed by atoms with E-state index in [0.29, 0.717) is 5.65 Å². The van der Waals surface area contributed by atoms with E-state index in [0.717, 1.165) is 33.1 Å². The fraction of sp³-hybridized carbons (Fsp3) is 0.0588. The van der Waals surface area contributed by atoms with Gasteiger partial charge in [0, 0.05) is 10.9 Å². The molecule has 0 fully saturated rings. The van der Waals surface area contributed by atoms with Crippen molar-refractivity contribution in [2.75, 3.05) is 0 Å². The topological polar surface area (TPSA) is 72.3 Å². The lowest BCUT2D eigenvalue weighted by molar-refractivity contribution is 0.785. The van der Waals surface area contributed by atoms with Crippen LogP contribution in [0.5, 0.6) is 0 Å². The first-order valence-electron chi connectivity index (χ1n) is 7.37. The van der Waals surface area contributed by atoms with Crippen molar-refractivity contribution in [3.8, 4) is 5.69 Å². The van der Waals surface area contributed by atoms with Crippen molar-refractivity contribution in [3.05, 3.63) is 54.1 Å². The lowest BCUT2D eigenvalue weighted by atomic mass is 10.1. The van der Waals surface area contributed by atoms with Gasteiger partial charge in [0.15, 0.2) is 5.65 Å².